The molecule has 0 aromatic heterocycles. The van der Waals surface area contributed by atoms with Crippen LogP contribution in [0.3, 0.4) is 0 Å². The number of amides is 1. The normalized spacial score (nSPS) is 15.0. The van der Waals surface area contributed by atoms with Crippen LogP contribution in [-0.2, 0) is 11.4 Å². The minimum atomic E-state index is -4.80. The number of rotatable bonds is 6. The van der Waals surface area contributed by atoms with Crippen LogP contribution in [0.4, 0.5) is 18.9 Å². The third kappa shape index (κ3) is 4.96. The van der Waals surface area contributed by atoms with E-state index < -0.39 is 23.4 Å². The first-order valence-corrected chi connectivity index (χ1v) is 10.4. The van der Waals surface area contributed by atoms with Gasteiger partial charge in [0.1, 0.15) is 6.61 Å². The van der Waals surface area contributed by atoms with E-state index in [0.717, 1.165) is 22.2 Å². The minimum Gasteiger partial charge on any atom is -0.493 e. The Kier molecular flexibility index (Phi) is 6.40. The van der Waals surface area contributed by atoms with Crippen LogP contribution in [0.1, 0.15) is 16.7 Å². The first kappa shape index (κ1) is 23.1. The zero-order valence-electron chi connectivity index (χ0n) is 18.5. The molecule has 174 valence electrons. The van der Waals surface area contributed by atoms with E-state index >= 15 is 0 Å². The van der Waals surface area contributed by atoms with Crippen molar-refractivity contribution in [1.29, 1.82) is 0 Å². The molecule has 1 heterocycles. The summed E-state index contributed by atoms with van der Waals surface area (Å²) < 4.78 is 52.2. The van der Waals surface area contributed by atoms with Gasteiger partial charge in [-0.15, -0.1) is 0 Å². The SMILES string of the molecule is COc1cc(/C=C2\C(=O)N(c3ccccc3)N=C2C(F)(F)F)ccc1OCc1ccc(C)cc1. The van der Waals surface area contributed by atoms with Crippen molar-refractivity contribution >= 4 is 23.4 Å². The summed E-state index contributed by atoms with van der Waals surface area (Å²) in [5.41, 5.74) is 0.881. The van der Waals surface area contributed by atoms with Crippen LogP contribution >= 0.6 is 0 Å². The van der Waals surface area contributed by atoms with Crippen molar-refractivity contribution in [3.63, 3.8) is 0 Å². The molecular weight excluding hydrogens is 445 g/mol. The van der Waals surface area contributed by atoms with Crippen molar-refractivity contribution in [2.45, 2.75) is 19.7 Å². The van der Waals surface area contributed by atoms with E-state index in [4.69, 9.17) is 9.47 Å². The van der Waals surface area contributed by atoms with Crippen molar-refractivity contribution in [3.8, 4) is 11.5 Å². The van der Waals surface area contributed by atoms with Gasteiger partial charge in [0.2, 0.25) is 0 Å². The van der Waals surface area contributed by atoms with Crippen LogP contribution in [0.15, 0.2) is 83.5 Å². The largest absolute Gasteiger partial charge is 0.493 e. The van der Waals surface area contributed by atoms with Crippen molar-refractivity contribution in [3.05, 3.63) is 95.1 Å². The van der Waals surface area contributed by atoms with Gasteiger partial charge in [-0.3, -0.25) is 4.79 Å². The lowest BCUT2D eigenvalue weighted by atomic mass is 10.1. The molecule has 0 N–H and O–H groups in total. The number of aryl methyl sites for hydroxylation is 1. The lowest BCUT2D eigenvalue weighted by Crippen LogP contribution is -2.25. The summed E-state index contributed by atoms with van der Waals surface area (Å²) >= 11 is 0. The summed E-state index contributed by atoms with van der Waals surface area (Å²) in [7, 11) is 1.44. The number of anilines is 1. The van der Waals surface area contributed by atoms with Gasteiger partial charge in [0, 0.05) is 0 Å². The average Bonchev–Trinajstić information content (AvgIpc) is 3.16. The van der Waals surface area contributed by atoms with E-state index in [9.17, 15) is 18.0 Å². The third-order valence-electron chi connectivity index (χ3n) is 5.16. The standard InChI is InChI=1S/C26H21F3N2O3/c1-17-8-10-18(11-9-17)16-34-22-13-12-19(15-23(22)33-2)14-21-24(26(27,28)29)30-31(25(21)32)20-6-4-3-5-7-20/h3-15H,16H2,1-2H3/b21-14-. The molecule has 5 nitrogen and oxygen atoms in total. The molecule has 0 unspecified atom stereocenters. The Morgan fingerprint density at radius 1 is 0.971 bits per heavy atom. The fraction of sp³-hybridized carbons (Fsp3) is 0.154. The Balaban J connectivity index is 1.62. The monoisotopic (exact) mass is 466 g/mol. The summed E-state index contributed by atoms with van der Waals surface area (Å²) in [5, 5.41) is 4.32. The van der Waals surface area contributed by atoms with E-state index in [1.807, 2.05) is 31.2 Å². The smallest absolute Gasteiger partial charge is 0.435 e. The number of carbonyl (C=O) groups is 1. The van der Waals surface area contributed by atoms with E-state index in [-0.39, 0.29) is 5.69 Å². The molecule has 0 spiro atoms. The summed E-state index contributed by atoms with van der Waals surface area (Å²) in [6, 6.07) is 20.5. The zero-order chi connectivity index (χ0) is 24.3. The summed E-state index contributed by atoms with van der Waals surface area (Å²) in [5.74, 6) is -0.104. The quantitative estimate of drug-likeness (QED) is 0.423. The maximum absolute atomic E-state index is 13.7. The number of alkyl halides is 3. The fourth-order valence-corrected chi connectivity index (χ4v) is 3.40. The van der Waals surface area contributed by atoms with Gasteiger partial charge >= 0.3 is 6.18 Å². The van der Waals surface area contributed by atoms with Gasteiger partial charge < -0.3 is 9.47 Å². The second-order valence-electron chi connectivity index (χ2n) is 7.64. The van der Waals surface area contributed by atoms with Gasteiger partial charge in [0.15, 0.2) is 17.2 Å². The molecule has 0 fully saturated rings. The Morgan fingerprint density at radius 3 is 2.32 bits per heavy atom. The van der Waals surface area contributed by atoms with Crippen molar-refractivity contribution in [2.75, 3.05) is 12.1 Å². The topological polar surface area (TPSA) is 51.1 Å². The summed E-state index contributed by atoms with van der Waals surface area (Å²) in [6.45, 7) is 2.29. The van der Waals surface area contributed by atoms with E-state index in [0.29, 0.717) is 23.7 Å². The van der Waals surface area contributed by atoms with E-state index in [1.54, 1.807) is 30.3 Å². The van der Waals surface area contributed by atoms with Gasteiger partial charge in [-0.25, -0.2) is 0 Å². The molecule has 3 aromatic carbocycles. The van der Waals surface area contributed by atoms with Gasteiger partial charge in [-0.05, 0) is 48.4 Å². The number of halogens is 3. The number of benzene rings is 3. The molecule has 1 amide bonds. The highest BCUT2D eigenvalue weighted by Gasteiger charge is 2.46. The number of methoxy groups -OCH3 is 1. The summed E-state index contributed by atoms with van der Waals surface area (Å²) in [4.78, 5) is 12.9. The molecule has 0 atom stereocenters. The first-order chi connectivity index (χ1) is 16.3. The van der Waals surface area contributed by atoms with Crippen LogP contribution in [0.2, 0.25) is 0 Å². The maximum Gasteiger partial charge on any atom is 0.435 e. The van der Waals surface area contributed by atoms with Crippen LogP contribution in [0, 0.1) is 6.92 Å². The molecule has 34 heavy (non-hydrogen) atoms. The first-order valence-electron chi connectivity index (χ1n) is 10.4. The average molecular weight is 466 g/mol. The van der Waals surface area contributed by atoms with Crippen LogP contribution in [0.5, 0.6) is 11.5 Å². The Bertz CT molecular complexity index is 1250. The minimum absolute atomic E-state index is 0.245. The Hall–Kier alpha value is -4.07. The van der Waals surface area contributed by atoms with Crippen LogP contribution < -0.4 is 14.5 Å². The number of para-hydroxylation sites is 1. The summed E-state index contributed by atoms with van der Waals surface area (Å²) in [6.07, 6.45) is -3.64. The zero-order valence-corrected chi connectivity index (χ0v) is 18.5. The molecule has 0 saturated carbocycles. The number of hydrogen-bond acceptors (Lipinski definition) is 4. The van der Waals surface area contributed by atoms with Gasteiger partial charge in [-0.1, -0.05) is 54.1 Å². The molecular formula is C26H21F3N2O3. The number of nitrogens with zero attached hydrogens (tertiary/aromatic N) is 2. The predicted octanol–water partition coefficient (Wildman–Crippen LogP) is 5.93. The molecule has 3 aromatic rings. The fourth-order valence-electron chi connectivity index (χ4n) is 3.40. The van der Waals surface area contributed by atoms with Gasteiger partial charge in [0.05, 0.1) is 18.4 Å². The number of hydrogen-bond donors (Lipinski definition) is 0. The van der Waals surface area contributed by atoms with Crippen LogP contribution in [-0.4, -0.2) is 24.9 Å². The lowest BCUT2D eigenvalue weighted by Gasteiger charge is -2.12. The molecule has 1 aliphatic heterocycles. The molecule has 8 heteroatoms. The predicted molar refractivity (Wildman–Crippen MR) is 124 cm³/mol. The highest BCUT2D eigenvalue weighted by Crippen LogP contribution is 2.34. The van der Waals surface area contributed by atoms with E-state index in [1.165, 1.54) is 25.3 Å². The highest BCUT2D eigenvalue weighted by molar-refractivity contribution is 6.34. The molecule has 0 aliphatic carbocycles. The van der Waals surface area contributed by atoms with Crippen molar-refractivity contribution < 1.29 is 27.4 Å². The van der Waals surface area contributed by atoms with E-state index in [2.05, 4.69) is 5.10 Å². The highest BCUT2D eigenvalue weighted by atomic mass is 19.4. The number of carbonyl (C=O) groups excluding carboxylic acids is 1. The lowest BCUT2D eigenvalue weighted by molar-refractivity contribution is -0.114. The molecule has 4 rings (SSSR count). The molecule has 0 saturated heterocycles. The number of ether oxygens (including phenoxy) is 2. The number of hydrazone groups is 1. The molecule has 0 bridgehead atoms. The van der Waals surface area contributed by atoms with Crippen LogP contribution in [0.25, 0.3) is 6.08 Å². The van der Waals surface area contributed by atoms with Gasteiger partial charge in [-0.2, -0.15) is 23.3 Å². The molecule has 0 radical (unpaired) electrons. The third-order valence-corrected chi connectivity index (χ3v) is 5.16. The maximum atomic E-state index is 13.7. The van der Waals surface area contributed by atoms with Gasteiger partial charge in [0.25, 0.3) is 5.91 Å². The van der Waals surface area contributed by atoms with Crippen molar-refractivity contribution in [2.24, 2.45) is 5.10 Å². The second-order valence-corrected chi connectivity index (χ2v) is 7.64. The second kappa shape index (κ2) is 9.43. The Morgan fingerprint density at radius 2 is 1.68 bits per heavy atom. The molecule has 1 aliphatic rings. The van der Waals surface area contributed by atoms with Crippen molar-refractivity contribution in [1.82, 2.24) is 0 Å². The Labute approximate surface area is 194 Å².